The highest BCUT2D eigenvalue weighted by molar-refractivity contribution is 5.93. The molecule has 5 amide bonds. The largest absolute Gasteiger partial charge is 0.459 e. The van der Waals surface area contributed by atoms with Crippen LogP contribution in [0.5, 0.6) is 0 Å². The zero-order chi connectivity index (χ0) is 48.5. The van der Waals surface area contributed by atoms with Crippen molar-refractivity contribution in [2.24, 2.45) is 5.11 Å². The first-order chi connectivity index (χ1) is 31.8. The van der Waals surface area contributed by atoms with E-state index in [4.69, 9.17) is 19.7 Å². The summed E-state index contributed by atoms with van der Waals surface area (Å²) in [4.78, 5) is 84.3. The van der Waals surface area contributed by atoms with Gasteiger partial charge in [0, 0.05) is 23.0 Å². The molecule has 4 N–H and O–H groups in total. The van der Waals surface area contributed by atoms with E-state index in [9.17, 15) is 33.9 Å². The van der Waals surface area contributed by atoms with Crippen molar-refractivity contribution in [3.63, 3.8) is 0 Å². The minimum Gasteiger partial charge on any atom is -0.459 e. The average molecular weight is 929 g/mol. The lowest BCUT2D eigenvalue weighted by Crippen LogP contribution is -2.57. The Hall–Kier alpha value is -5.87. The van der Waals surface area contributed by atoms with Crippen LogP contribution in [0.3, 0.4) is 0 Å². The summed E-state index contributed by atoms with van der Waals surface area (Å²) in [6.45, 7) is 10.6. The Kier molecular flexibility index (Phi) is 16.8. The highest BCUT2D eigenvalue weighted by Crippen LogP contribution is 2.36. The number of carbonyl (C=O) groups excluding carboxylic acids is 6. The summed E-state index contributed by atoms with van der Waals surface area (Å²) in [7, 11) is 0. The summed E-state index contributed by atoms with van der Waals surface area (Å²) in [5.74, 6) is -1.26. The summed E-state index contributed by atoms with van der Waals surface area (Å²) in [5, 5.41) is 22.8. The molecule has 0 aromatic heterocycles. The maximum atomic E-state index is 13.7. The highest BCUT2D eigenvalue weighted by Gasteiger charge is 2.47. The van der Waals surface area contributed by atoms with Crippen LogP contribution >= 0.6 is 0 Å². The standard InChI is InChI=1S/C26H36N6O4.C23H32N2O6/c1-26(2,3)36-25(35)29-21-13-11-17(30-31-27)15-18-12-14-22(32(18)24(21)34)23(33)28-20-10-6-8-16-7-4-5-9-19(16)20;1-23(2,3)31-22(29)24-18-11-10-17(26)13-16-9-12-19(25(16)20(18)27)21(28)30-14-15-7-5-4-6-8-15/h4-5,7,9,17-18,20-22H,6,8,10-15H2,1-3H3,(H,28,33)(H,29,35);4-8,16-19,26H,9-14H2,1-3H3,(H,24,29)/t17-,18-,20-,21+,22+;16-,17+,18+,19+/m11/s1. The summed E-state index contributed by atoms with van der Waals surface area (Å²) in [6, 6.07) is 13.5. The fourth-order valence-corrected chi connectivity index (χ4v) is 9.92. The third kappa shape index (κ3) is 13.8. The van der Waals surface area contributed by atoms with E-state index in [1.54, 1.807) is 46.4 Å². The summed E-state index contributed by atoms with van der Waals surface area (Å²) >= 11 is 0. The second-order valence-corrected chi connectivity index (χ2v) is 20.3. The fourth-order valence-electron chi connectivity index (χ4n) is 9.92. The number of nitrogens with zero attached hydrogens (tertiary/aromatic N) is 5. The summed E-state index contributed by atoms with van der Waals surface area (Å²) in [5.41, 5.74) is 10.9. The van der Waals surface area contributed by atoms with Crippen molar-refractivity contribution < 1.29 is 48.1 Å². The van der Waals surface area contributed by atoms with Crippen LogP contribution in [0.1, 0.15) is 141 Å². The molecule has 2 aromatic rings. The Balaban J connectivity index is 0.000000224. The molecule has 4 fully saturated rings. The van der Waals surface area contributed by atoms with Crippen LogP contribution < -0.4 is 16.0 Å². The number of carbonyl (C=O) groups is 6. The van der Waals surface area contributed by atoms with E-state index in [2.05, 4.69) is 38.1 Å². The van der Waals surface area contributed by atoms with Crippen LogP contribution in [0, 0.1) is 0 Å². The molecular formula is C49H68N8O10. The van der Waals surface area contributed by atoms with E-state index in [0.29, 0.717) is 57.8 Å². The minimum atomic E-state index is -0.866. The number of aliphatic hydroxyl groups is 1. The lowest BCUT2D eigenvalue weighted by Gasteiger charge is -2.37. The van der Waals surface area contributed by atoms with Crippen LogP contribution in [-0.4, -0.2) is 110 Å². The van der Waals surface area contributed by atoms with Crippen molar-refractivity contribution in [1.82, 2.24) is 25.8 Å². The molecule has 4 heterocycles. The molecule has 9 atom stereocenters. The van der Waals surface area contributed by atoms with Gasteiger partial charge in [-0.15, -0.1) is 0 Å². The van der Waals surface area contributed by atoms with Gasteiger partial charge in [-0.3, -0.25) is 14.4 Å². The number of amides is 5. The fraction of sp³-hybridized carbons (Fsp3) is 0.633. The molecule has 0 radical (unpaired) electrons. The molecule has 364 valence electrons. The molecule has 4 saturated heterocycles. The van der Waals surface area contributed by atoms with Crippen LogP contribution in [0.2, 0.25) is 0 Å². The van der Waals surface area contributed by atoms with E-state index in [0.717, 1.165) is 30.4 Å². The monoisotopic (exact) mass is 929 g/mol. The van der Waals surface area contributed by atoms with Gasteiger partial charge in [-0.1, -0.05) is 59.7 Å². The maximum absolute atomic E-state index is 13.7. The number of nitrogens with one attached hydrogen (secondary N) is 3. The Labute approximate surface area is 392 Å². The van der Waals surface area contributed by atoms with E-state index < -0.39 is 59.6 Å². The lowest BCUT2D eigenvalue weighted by molar-refractivity contribution is -0.157. The number of benzene rings is 2. The molecule has 18 nitrogen and oxygen atoms in total. The molecule has 0 spiro atoms. The Bertz CT molecular complexity index is 2140. The van der Waals surface area contributed by atoms with Crippen molar-refractivity contribution >= 4 is 35.9 Å². The average Bonchev–Trinajstić information content (AvgIpc) is 3.88. The van der Waals surface area contributed by atoms with E-state index in [1.165, 1.54) is 10.5 Å². The number of fused-ring (bicyclic) bond motifs is 3. The number of rotatable bonds is 8. The summed E-state index contributed by atoms with van der Waals surface area (Å²) in [6.07, 6.45) is 5.45. The first-order valence-corrected chi connectivity index (χ1v) is 23.7. The number of azide groups is 1. The van der Waals surface area contributed by atoms with Crippen LogP contribution in [0.4, 0.5) is 9.59 Å². The normalized spacial score (nSPS) is 27.3. The van der Waals surface area contributed by atoms with Gasteiger partial charge in [-0.05, 0) is 147 Å². The number of hydrogen-bond acceptors (Lipinski definition) is 11. The molecule has 1 aliphatic carbocycles. The van der Waals surface area contributed by atoms with Crippen molar-refractivity contribution in [3.05, 3.63) is 81.7 Å². The number of aliphatic hydroxyl groups excluding tert-OH is 1. The molecule has 67 heavy (non-hydrogen) atoms. The highest BCUT2D eigenvalue weighted by atomic mass is 16.6. The molecule has 18 heteroatoms. The molecule has 5 aliphatic rings. The van der Waals surface area contributed by atoms with Gasteiger partial charge in [0.2, 0.25) is 17.7 Å². The first kappa shape index (κ1) is 50.5. The van der Waals surface area contributed by atoms with Crippen molar-refractivity contribution in [2.75, 3.05) is 0 Å². The molecule has 7 rings (SSSR count). The van der Waals surface area contributed by atoms with Crippen molar-refractivity contribution in [2.45, 2.75) is 197 Å². The quantitative estimate of drug-likeness (QED) is 0.0708. The minimum absolute atomic E-state index is 0.0852. The van der Waals surface area contributed by atoms with Crippen LogP contribution in [-0.2, 0) is 46.4 Å². The van der Waals surface area contributed by atoms with Gasteiger partial charge in [-0.25, -0.2) is 14.4 Å². The number of alkyl carbamates (subject to hydrolysis) is 2. The number of esters is 1. The van der Waals surface area contributed by atoms with Gasteiger partial charge in [0.15, 0.2) is 0 Å². The number of aryl methyl sites for hydroxylation is 1. The Morgan fingerprint density at radius 3 is 1.90 bits per heavy atom. The summed E-state index contributed by atoms with van der Waals surface area (Å²) < 4.78 is 16.1. The molecule has 0 unspecified atom stereocenters. The molecular weight excluding hydrogens is 861 g/mol. The van der Waals surface area contributed by atoms with Crippen LogP contribution in [0.15, 0.2) is 59.7 Å². The number of ether oxygens (including phenoxy) is 3. The Morgan fingerprint density at radius 2 is 1.27 bits per heavy atom. The van der Waals surface area contributed by atoms with Gasteiger partial charge in [0.1, 0.15) is 42.0 Å². The third-order valence-corrected chi connectivity index (χ3v) is 12.9. The van der Waals surface area contributed by atoms with Crippen molar-refractivity contribution in [1.29, 1.82) is 0 Å². The predicted molar refractivity (Wildman–Crippen MR) is 247 cm³/mol. The molecule has 0 bridgehead atoms. The smallest absolute Gasteiger partial charge is 0.408 e. The number of hydrogen-bond donors (Lipinski definition) is 4. The second kappa shape index (κ2) is 22.3. The molecule has 4 aliphatic heterocycles. The molecule has 0 saturated carbocycles. The second-order valence-electron chi connectivity index (χ2n) is 20.3. The molecule has 2 aromatic carbocycles. The van der Waals surface area contributed by atoms with Gasteiger partial charge in [0.05, 0.1) is 12.1 Å². The first-order valence-electron chi connectivity index (χ1n) is 23.7. The van der Waals surface area contributed by atoms with E-state index in [1.807, 2.05) is 42.5 Å². The van der Waals surface area contributed by atoms with Crippen LogP contribution in [0.25, 0.3) is 10.4 Å². The van der Waals surface area contributed by atoms with Gasteiger partial charge < -0.3 is 45.1 Å². The van der Waals surface area contributed by atoms with Crippen molar-refractivity contribution in [3.8, 4) is 0 Å². The predicted octanol–water partition coefficient (Wildman–Crippen LogP) is 6.82. The third-order valence-electron chi connectivity index (χ3n) is 12.9. The maximum Gasteiger partial charge on any atom is 0.408 e. The van der Waals surface area contributed by atoms with E-state index in [-0.39, 0.29) is 54.9 Å². The van der Waals surface area contributed by atoms with Gasteiger partial charge in [-0.2, -0.15) is 0 Å². The lowest BCUT2D eigenvalue weighted by atomic mass is 9.87. The Morgan fingerprint density at radius 1 is 0.701 bits per heavy atom. The zero-order valence-corrected chi connectivity index (χ0v) is 39.6. The van der Waals surface area contributed by atoms with E-state index >= 15 is 0 Å². The van der Waals surface area contributed by atoms with Gasteiger partial charge >= 0.3 is 18.2 Å². The van der Waals surface area contributed by atoms with Gasteiger partial charge in [0.25, 0.3) is 0 Å². The topological polar surface area (TPSA) is 242 Å². The zero-order valence-electron chi connectivity index (χ0n) is 39.6. The SMILES string of the molecule is CC(C)(C)OC(=O)N[C@H]1CC[C@@H](N=[N+]=[N-])C[C@H]2CC[C@@H](C(=O)N[C@@H]3CCCc4ccccc43)N2C1=O.CC(C)(C)OC(=O)N[C@H]1CC[C@H](O)C[C@H]2CC[C@@H](C(=O)OCc3ccccc3)N2C1=O.